The lowest BCUT2D eigenvalue weighted by atomic mass is 10.00. The highest BCUT2D eigenvalue weighted by Crippen LogP contribution is 2.34. The Balaban J connectivity index is 1.54. The van der Waals surface area contributed by atoms with Gasteiger partial charge >= 0.3 is 0 Å². The van der Waals surface area contributed by atoms with Gasteiger partial charge in [-0.05, 0) is 85.0 Å². The maximum Gasteiger partial charge on any atom is 0.254 e. The normalized spacial score (nSPS) is 15.0. The van der Waals surface area contributed by atoms with Gasteiger partial charge in [-0.2, -0.15) is 0 Å². The maximum atomic E-state index is 13.8. The van der Waals surface area contributed by atoms with Gasteiger partial charge in [-0.1, -0.05) is 43.6 Å². The van der Waals surface area contributed by atoms with Crippen molar-refractivity contribution >= 4 is 34.8 Å². The van der Waals surface area contributed by atoms with Crippen molar-refractivity contribution in [3.63, 3.8) is 0 Å². The van der Waals surface area contributed by atoms with Gasteiger partial charge in [-0.25, -0.2) is 0 Å². The third kappa shape index (κ3) is 6.55. The molecule has 7 heteroatoms. The van der Waals surface area contributed by atoms with Crippen molar-refractivity contribution in [3.05, 3.63) is 86.1 Å². The van der Waals surface area contributed by atoms with Crippen molar-refractivity contribution in [2.75, 3.05) is 26.2 Å². The zero-order chi connectivity index (χ0) is 26.5. The highest BCUT2D eigenvalue weighted by atomic mass is 35.5. The van der Waals surface area contributed by atoms with Crippen LogP contribution in [0.5, 0.6) is 5.75 Å². The molecule has 3 aromatic rings. The molecule has 0 bridgehead atoms. The molecule has 0 aliphatic carbocycles. The van der Waals surface area contributed by atoms with Crippen molar-refractivity contribution < 1.29 is 14.3 Å². The predicted octanol–water partition coefficient (Wildman–Crippen LogP) is 6.71. The third-order valence-corrected chi connectivity index (χ3v) is 8.34. The van der Waals surface area contributed by atoms with Crippen LogP contribution in [0.1, 0.15) is 58.2 Å². The van der Waals surface area contributed by atoms with Crippen LogP contribution in [0.4, 0.5) is 0 Å². The molecule has 0 saturated heterocycles. The first-order valence-electron chi connectivity index (χ1n) is 12.8. The van der Waals surface area contributed by atoms with E-state index >= 15 is 0 Å². The molecule has 2 aromatic carbocycles. The van der Waals surface area contributed by atoms with E-state index in [0.717, 1.165) is 35.3 Å². The summed E-state index contributed by atoms with van der Waals surface area (Å²) in [5.74, 6) is 1.01. The summed E-state index contributed by atoms with van der Waals surface area (Å²) in [6.45, 7) is 9.68. The molecule has 0 spiro atoms. The topological polar surface area (TPSA) is 49.9 Å². The van der Waals surface area contributed by atoms with E-state index in [-0.39, 0.29) is 24.4 Å². The predicted molar refractivity (Wildman–Crippen MR) is 151 cm³/mol. The SMILES string of the molecule is Cc1cc(OC[C@H]2c3ccsc3CCN2C(=O)CN(CCC(C)C)C(=O)c2ccccc2C)ccc1Cl. The van der Waals surface area contributed by atoms with Gasteiger partial charge in [0.05, 0.1) is 6.04 Å². The molecule has 0 N–H and O–H groups in total. The molecule has 4 rings (SSSR count). The average Bonchev–Trinajstić information content (AvgIpc) is 3.36. The van der Waals surface area contributed by atoms with Gasteiger partial charge in [-0.15, -0.1) is 11.3 Å². The molecule has 5 nitrogen and oxygen atoms in total. The summed E-state index contributed by atoms with van der Waals surface area (Å²) in [6, 6.07) is 15.1. The van der Waals surface area contributed by atoms with E-state index < -0.39 is 0 Å². The molecular formula is C30H35ClN2O3S. The molecule has 2 amide bonds. The fourth-order valence-corrected chi connectivity index (χ4v) is 5.71. The minimum absolute atomic E-state index is 0.0515. The van der Waals surface area contributed by atoms with Crippen LogP contribution in [-0.2, 0) is 11.2 Å². The maximum absolute atomic E-state index is 13.8. The van der Waals surface area contributed by atoms with Gasteiger partial charge < -0.3 is 14.5 Å². The summed E-state index contributed by atoms with van der Waals surface area (Å²) in [5.41, 5.74) is 3.65. The van der Waals surface area contributed by atoms with Crippen LogP contribution in [0.3, 0.4) is 0 Å². The zero-order valence-electron chi connectivity index (χ0n) is 22.0. The van der Waals surface area contributed by atoms with Crippen molar-refractivity contribution in [1.29, 1.82) is 0 Å². The Bertz CT molecular complexity index is 1260. The van der Waals surface area contributed by atoms with Gasteiger partial charge in [0, 0.05) is 28.6 Å². The number of fused-ring (bicyclic) bond motifs is 1. The molecule has 1 aliphatic heterocycles. The van der Waals surface area contributed by atoms with Crippen LogP contribution in [-0.4, -0.2) is 47.9 Å². The van der Waals surface area contributed by atoms with Gasteiger partial charge in [-0.3, -0.25) is 9.59 Å². The largest absolute Gasteiger partial charge is 0.491 e. The molecule has 0 radical (unpaired) electrons. The van der Waals surface area contributed by atoms with Gasteiger partial charge in [0.25, 0.3) is 5.91 Å². The Labute approximate surface area is 229 Å². The molecule has 2 heterocycles. The smallest absolute Gasteiger partial charge is 0.254 e. The number of thiophene rings is 1. The summed E-state index contributed by atoms with van der Waals surface area (Å²) in [4.78, 5) is 32.2. The van der Waals surface area contributed by atoms with Gasteiger partial charge in [0.1, 0.15) is 18.9 Å². The Hall–Kier alpha value is -2.83. The number of hydrogen-bond donors (Lipinski definition) is 0. The molecule has 196 valence electrons. The second kappa shape index (κ2) is 12.1. The summed E-state index contributed by atoms with van der Waals surface area (Å²) in [7, 11) is 0. The van der Waals surface area contributed by atoms with Gasteiger partial charge in [0.15, 0.2) is 0 Å². The molecule has 1 aliphatic rings. The van der Waals surface area contributed by atoms with Crippen LogP contribution in [0.15, 0.2) is 53.9 Å². The fraction of sp³-hybridized carbons (Fsp3) is 0.400. The van der Waals surface area contributed by atoms with Crippen molar-refractivity contribution in [3.8, 4) is 5.75 Å². The molecular weight excluding hydrogens is 504 g/mol. The highest BCUT2D eigenvalue weighted by molar-refractivity contribution is 7.10. The first-order chi connectivity index (χ1) is 17.7. The molecule has 0 unspecified atom stereocenters. The summed E-state index contributed by atoms with van der Waals surface area (Å²) >= 11 is 7.90. The number of nitrogens with zero attached hydrogens (tertiary/aromatic N) is 2. The van der Waals surface area contributed by atoms with Crippen LogP contribution in [0.25, 0.3) is 0 Å². The van der Waals surface area contributed by atoms with E-state index in [1.54, 1.807) is 16.2 Å². The monoisotopic (exact) mass is 538 g/mol. The zero-order valence-corrected chi connectivity index (χ0v) is 23.6. The quantitative estimate of drug-likeness (QED) is 0.304. The Kier molecular flexibility index (Phi) is 8.93. The number of amides is 2. The highest BCUT2D eigenvalue weighted by Gasteiger charge is 2.33. The molecule has 0 saturated carbocycles. The van der Waals surface area contributed by atoms with E-state index in [0.29, 0.717) is 36.2 Å². The number of halogens is 1. The fourth-order valence-electron chi connectivity index (χ4n) is 4.66. The number of ether oxygens (including phenoxy) is 1. The van der Waals surface area contributed by atoms with E-state index in [4.69, 9.17) is 16.3 Å². The molecule has 0 fully saturated rings. The van der Waals surface area contributed by atoms with Crippen LogP contribution >= 0.6 is 22.9 Å². The Morgan fingerprint density at radius 2 is 1.92 bits per heavy atom. The number of aryl methyl sites for hydroxylation is 2. The summed E-state index contributed by atoms with van der Waals surface area (Å²) in [6.07, 6.45) is 1.65. The van der Waals surface area contributed by atoms with E-state index in [9.17, 15) is 9.59 Å². The van der Waals surface area contributed by atoms with Crippen molar-refractivity contribution in [2.45, 2.75) is 46.6 Å². The molecule has 1 atom stereocenters. The average molecular weight is 539 g/mol. The number of carbonyl (C=O) groups is 2. The minimum atomic E-state index is -0.209. The number of rotatable bonds is 9. The first-order valence-corrected chi connectivity index (χ1v) is 14.1. The standard InChI is InChI=1S/C30H35ClN2O3S/c1-20(2)11-14-32(30(35)24-8-6-5-7-21(24)3)18-29(34)33-15-12-28-25(13-16-37-28)27(33)19-36-23-9-10-26(31)22(4)17-23/h5-10,13,16-17,20,27H,11-12,14-15,18-19H2,1-4H3/t27-/m0/s1. The molecule has 1 aromatic heterocycles. The summed E-state index contributed by atoms with van der Waals surface area (Å²) < 4.78 is 6.18. The van der Waals surface area contributed by atoms with Crippen LogP contribution < -0.4 is 4.74 Å². The van der Waals surface area contributed by atoms with Gasteiger partial charge in [0.2, 0.25) is 5.91 Å². The molecule has 37 heavy (non-hydrogen) atoms. The summed E-state index contributed by atoms with van der Waals surface area (Å²) in [5, 5.41) is 2.77. The Morgan fingerprint density at radius 1 is 1.14 bits per heavy atom. The Morgan fingerprint density at radius 3 is 2.65 bits per heavy atom. The number of hydrogen-bond acceptors (Lipinski definition) is 4. The van der Waals surface area contributed by atoms with Crippen LogP contribution in [0.2, 0.25) is 5.02 Å². The lowest BCUT2D eigenvalue weighted by Crippen LogP contribution is -2.48. The number of benzene rings is 2. The van der Waals surface area contributed by atoms with E-state index in [1.165, 1.54) is 4.88 Å². The van der Waals surface area contributed by atoms with E-state index in [1.807, 2.05) is 61.2 Å². The number of carbonyl (C=O) groups excluding carboxylic acids is 2. The second-order valence-electron chi connectivity index (χ2n) is 10.1. The lowest BCUT2D eigenvalue weighted by Gasteiger charge is -2.37. The first kappa shape index (κ1) is 27.2. The lowest BCUT2D eigenvalue weighted by molar-refractivity contribution is -0.135. The third-order valence-electron chi connectivity index (χ3n) is 6.92. The van der Waals surface area contributed by atoms with Crippen LogP contribution in [0, 0.1) is 19.8 Å². The van der Waals surface area contributed by atoms with Crippen molar-refractivity contribution in [2.24, 2.45) is 5.92 Å². The van der Waals surface area contributed by atoms with E-state index in [2.05, 4.69) is 25.3 Å². The van der Waals surface area contributed by atoms with Crippen molar-refractivity contribution in [1.82, 2.24) is 9.80 Å². The minimum Gasteiger partial charge on any atom is -0.491 e. The second-order valence-corrected chi connectivity index (χ2v) is 11.5.